The summed E-state index contributed by atoms with van der Waals surface area (Å²) in [6.45, 7) is 0. The van der Waals surface area contributed by atoms with Crippen molar-refractivity contribution >= 4 is 5.97 Å². The molecule has 0 N–H and O–H groups in total. The third-order valence-corrected chi connectivity index (χ3v) is 2.84. The molecule has 110 valence electrons. The normalized spacial score (nSPS) is 9.00. The molecule has 0 bridgehead atoms. The second-order valence-electron chi connectivity index (χ2n) is 4.21. The van der Waals surface area contributed by atoms with Gasteiger partial charge < -0.3 is 4.74 Å². The van der Waals surface area contributed by atoms with Crippen LogP contribution in [0, 0.1) is 0 Å². The number of hydrogen-bond acceptors (Lipinski definition) is 2. The molecule has 0 unspecified atom stereocenters. The van der Waals surface area contributed by atoms with Gasteiger partial charge in [-0.05, 0) is 0 Å². The van der Waals surface area contributed by atoms with Crippen LogP contribution in [0.3, 0.4) is 0 Å². The second kappa shape index (κ2) is 8.96. The fraction of sp³-hybridized carbons (Fsp3) is 0.0556. The molecule has 0 fully saturated rings. The zero-order valence-electron chi connectivity index (χ0n) is 11.7. The van der Waals surface area contributed by atoms with E-state index in [9.17, 15) is 4.79 Å². The fourth-order valence-electron chi connectivity index (χ4n) is 1.83. The molecule has 0 atom stereocenters. The molecular weight excluding hydrogens is 304 g/mol. The Morgan fingerprint density at radius 2 is 1.71 bits per heavy atom. The number of ether oxygens (including phenoxy) is 1. The molecular formula is C18H16FeO2-2. The van der Waals surface area contributed by atoms with Crippen molar-refractivity contribution < 1.29 is 26.6 Å². The standard InChI is InChI=1S/C13H11O2.C5H5.Fe/c1-15-13(14)12-8-4-7-11(9-12)10-5-2-3-6-10;1-2-4-5-3-1;/h2-9H,1H3;1-5H;/q2*-1;. The van der Waals surface area contributed by atoms with E-state index in [0.29, 0.717) is 5.56 Å². The number of hydrogen-bond donors (Lipinski definition) is 0. The van der Waals surface area contributed by atoms with E-state index in [1.54, 1.807) is 6.07 Å². The van der Waals surface area contributed by atoms with E-state index < -0.39 is 0 Å². The van der Waals surface area contributed by atoms with Crippen LogP contribution in [-0.4, -0.2) is 13.1 Å². The van der Waals surface area contributed by atoms with Crippen molar-refractivity contribution in [1.29, 1.82) is 0 Å². The first-order valence-electron chi connectivity index (χ1n) is 6.38. The number of benzene rings is 1. The summed E-state index contributed by atoms with van der Waals surface area (Å²) in [5.41, 5.74) is 2.72. The molecule has 0 heterocycles. The first-order chi connectivity index (χ1) is 9.81. The zero-order chi connectivity index (χ0) is 14.2. The largest absolute Gasteiger partial charge is 0.466 e. The number of rotatable bonds is 2. The predicted octanol–water partition coefficient (Wildman–Crippen LogP) is 4.26. The summed E-state index contributed by atoms with van der Waals surface area (Å²) in [5, 5.41) is 0. The fourth-order valence-corrected chi connectivity index (χ4v) is 1.83. The molecule has 0 aliphatic carbocycles. The summed E-state index contributed by atoms with van der Waals surface area (Å²) in [6.07, 6.45) is 0. The predicted molar refractivity (Wildman–Crippen MR) is 80.8 cm³/mol. The quantitative estimate of drug-likeness (QED) is 0.401. The molecule has 3 aromatic rings. The first kappa shape index (κ1) is 17.0. The van der Waals surface area contributed by atoms with Gasteiger partial charge in [-0.25, -0.2) is 16.9 Å². The Morgan fingerprint density at radius 1 is 1.05 bits per heavy atom. The van der Waals surface area contributed by atoms with Gasteiger partial charge in [-0.2, -0.15) is 30.3 Å². The number of carbonyl (C=O) groups is 1. The Labute approximate surface area is 135 Å². The molecule has 0 saturated carbocycles. The van der Waals surface area contributed by atoms with Gasteiger partial charge in [0.1, 0.15) is 0 Å². The molecule has 0 aromatic heterocycles. The van der Waals surface area contributed by atoms with Crippen molar-refractivity contribution in [2.24, 2.45) is 0 Å². The molecule has 0 saturated heterocycles. The third-order valence-electron chi connectivity index (χ3n) is 2.84. The second-order valence-corrected chi connectivity index (χ2v) is 4.21. The summed E-state index contributed by atoms with van der Waals surface area (Å²) in [6, 6.07) is 25.4. The van der Waals surface area contributed by atoms with Crippen molar-refractivity contribution in [2.75, 3.05) is 7.11 Å². The van der Waals surface area contributed by atoms with Crippen LogP contribution in [-0.2, 0) is 21.8 Å². The van der Waals surface area contributed by atoms with Crippen LogP contribution < -0.4 is 0 Å². The van der Waals surface area contributed by atoms with Crippen molar-refractivity contribution in [3.8, 4) is 11.1 Å². The van der Waals surface area contributed by atoms with Gasteiger partial charge in [-0.1, -0.05) is 17.7 Å². The average Bonchev–Trinajstić information content (AvgIpc) is 3.21. The van der Waals surface area contributed by atoms with Gasteiger partial charge in [-0.3, -0.25) is 0 Å². The summed E-state index contributed by atoms with van der Waals surface area (Å²) < 4.78 is 4.67. The zero-order valence-corrected chi connectivity index (χ0v) is 12.8. The van der Waals surface area contributed by atoms with Gasteiger partial charge >= 0.3 is 5.97 Å². The summed E-state index contributed by atoms with van der Waals surface area (Å²) in [5.74, 6) is -0.302. The van der Waals surface area contributed by atoms with E-state index in [-0.39, 0.29) is 23.0 Å². The molecule has 0 spiro atoms. The molecule has 3 aromatic carbocycles. The van der Waals surface area contributed by atoms with Crippen molar-refractivity contribution in [1.82, 2.24) is 0 Å². The van der Waals surface area contributed by atoms with Gasteiger partial charge in [-0.15, -0.1) is 29.8 Å². The Balaban J connectivity index is 0.000000313. The van der Waals surface area contributed by atoms with Crippen LogP contribution in [0.1, 0.15) is 10.4 Å². The van der Waals surface area contributed by atoms with Crippen LogP contribution in [0.2, 0.25) is 0 Å². The maximum atomic E-state index is 11.3. The Morgan fingerprint density at radius 3 is 2.24 bits per heavy atom. The van der Waals surface area contributed by atoms with Crippen LogP contribution in [0.5, 0.6) is 0 Å². The van der Waals surface area contributed by atoms with Crippen molar-refractivity contribution in [2.45, 2.75) is 0 Å². The van der Waals surface area contributed by atoms with Gasteiger partial charge in [0.25, 0.3) is 0 Å². The summed E-state index contributed by atoms with van der Waals surface area (Å²) in [4.78, 5) is 11.3. The van der Waals surface area contributed by atoms with Crippen LogP contribution >= 0.6 is 0 Å². The summed E-state index contributed by atoms with van der Waals surface area (Å²) >= 11 is 0. The smallest absolute Gasteiger partial charge is 0.330 e. The molecule has 0 aliphatic heterocycles. The Hall–Kier alpha value is -2.09. The molecule has 3 rings (SSSR count). The molecule has 21 heavy (non-hydrogen) atoms. The topological polar surface area (TPSA) is 26.3 Å². The molecule has 0 radical (unpaired) electrons. The first-order valence-corrected chi connectivity index (χ1v) is 6.38. The van der Waals surface area contributed by atoms with E-state index in [2.05, 4.69) is 4.74 Å². The van der Waals surface area contributed by atoms with Crippen molar-refractivity contribution in [3.63, 3.8) is 0 Å². The van der Waals surface area contributed by atoms with E-state index in [1.165, 1.54) is 7.11 Å². The maximum absolute atomic E-state index is 11.3. The molecule has 2 nitrogen and oxygen atoms in total. The van der Waals surface area contributed by atoms with E-state index in [1.807, 2.05) is 72.8 Å². The van der Waals surface area contributed by atoms with E-state index in [0.717, 1.165) is 11.1 Å². The van der Waals surface area contributed by atoms with Crippen LogP contribution in [0.25, 0.3) is 11.1 Å². The average molecular weight is 320 g/mol. The summed E-state index contributed by atoms with van der Waals surface area (Å²) in [7, 11) is 1.39. The SMILES string of the molecule is COC(=O)c1cccc(-[c-]2cccc2)c1.[Fe].c1cc[cH-]c1. The Kier molecular flexibility index (Phi) is 7.24. The minimum absolute atomic E-state index is 0. The molecule has 0 amide bonds. The van der Waals surface area contributed by atoms with E-state index in [4.69, 9.17) is 0 Å². The van der Waals surface area contributed by atoms with Gasteiger partial charge in [0.15, 0.2) is 0 Å². The third kappa shape index (κ3) is 5.07. The van der Waals surface area contributed by atoms with Gasteiger partial charge in [0.2, 0.25) is 0 Å². The maximum Gasteiger partial charge on any atom is 0.330 e. The van der Waals surface area contributed by atoms with Crippen LogP contribution in [0.4, 0.5) is 0 Å². The van der Waals surface area contributed by atoms with E-state index >= 15 is 0 Å². The van der Waals surface area contributed by atoms with Crippen LogP contribution in [0.15, 0.2) is 78.9 Å². The van der Waals surface area contributed by atoms with Gasteiger partial charge in [0.05, 0.1) is 7.11 Å². The molecule has 0 aliphatic rings. The van der Waals surface area contributed by atoms with Gasteiger partial charge in [0, 0.05) is 22.6 Å². The Bertz CT molecular complexity index is 608. The monoisotopic (exact) mass is 320 g/mol. The number of carbonyl (C=O) groups excluding carboxylic acids is 1. The minimum Gasteiger partial charge on any atom is -0.466 e. The number of esters is 1. The molecule has 3 heteroatoms. The van der Waals surface area contributed by atoms with Crippen molar-refractivity contribution in [3.05, 3.63) is 84.4 Å². The minimum atomic E-state index is -0.302. The number of methoxy groups -OCH3 is 1.